The monoisotopic (exact) mass is 315 g/mol. The summed E-state index contributed by atoms with van der Waals surface area (Å²) in [5, 5.41) is 11.5. The van der Waals surface area contributed by atoms with E-state index in [1.54, 1.807) is 11.0 Å². The molecule has 1 saturated carbocycles. The van der Waals surface area contributed by atoms with Gasteiger partial charge in [-0.05, 0) is 19.8 Å². The number of hydrogen-bond acceptors (Lipinski definition) is 6. The maximum absolute atomic E-state index is 12.3. The molecular weight excluding hydrogens is 294 g/mol. The number of aryl methyl sites for hydroxylation is 1. The highest BCUT2D eigenvalue weighted by Crippen LogP contribution is 2.28. The first-order valence-corrected chi connectivity index (χ1v) is 8.35. The first kappa shape index (κ1) is 14.3. The van der Waals surface area contributed by atoms with Gasteiger partial charge in [-0.2, -0.15) is 0 Å². The van der Waals surface area contributed by atoms with Crippen molar-refractivity contribution < 1.29 is 4.79 Å². The molecule has 0 spiro atoms. The third kappa shape index (κ3) is 2.51. The summed E-state index contributed by atoms with van der Waals surface area (Å²) in [6.45, 7) is 4.09. The number of aromatic nitrogens is 5. The van der Waals surface area contributed by atoms with Crippen LogP contribution in [0.2, 0.25) is 0 Å². The van der Waals surface area contributed by atoms with Crippen molar-refractivity contribution in [3.8, 4) is 0 Å². The van der Waals surface area contributed by atoms with Gasteiger partial charge in [-0.3, -0.25) is 4.79 Å². The second kappa shape index (κ2) is 5.75. The van der Waals surface area contributed by atoms with Gasteiger partial charge in [-0.15, -0.1) is 5.10 Å². The Kier molecular flexibility index (Phi) is 3.59. The predicted octanol–water partition coefficient (Wildman–Crippen LogP) is 0.736. The molecule has 0 radical (unpaired) electrons. The van der Waals surface area contributed by atoms with Crippen LogP contribution in [0.5, 0.6) is 0 Å². The van der Waals surface area contributed by atoms with E-state index in [4.69, 9.17) is 0 Å². The van der Waals surface area contributed by atoms with Gasteiger partial charge >= 0.3 is 0 Å². The minimum Gasteiger partial charge on any atom is -0.353 e. The third-order valence-corrected chi connectivity index (χ3v) is 4.83. The van der Waals surface area contributed by atoms with Crippen LogP contribution in [0.25, 0.3) is 11.2 Å². The normalized spacial score (nSPS) is 19.3. The smallest absolute Gasteiger partial charge is 0.226 e. The highest BCUT2D eigenvalue weighted by atomic mass is 16.2. The van der Waals surface area contributed by atoms with Crippen LogP contribution in [0, 0.1) is 5.92 Å². The topological polar surface area (TPSA) is 88.8 Å². The molecule has 1 amide bonds. The van der Waals surface area contributed by atoms with E-state index < -0.39 is 0 Å². The summed E-state index contributed by atoms with van der Waals surface area (Å²) in [7, 11) is 0. The van der Waals surface area contributed by atoms with Crippen molar-refractivity contribution in [2.24, 2.45) is 5.92 Å². The van der Waals surface area contributed by atoms with E-state index in [1.807, 2.05) is 6.92 Å². The van der Waals surface area contributed by atoms with Gasteiger partial charge in [0.15, 0.2) is 17.0 Å². The Labute approximate surface area is 134 Å². The first-order valence-electron chi connectivity index (χ1n) is 8.35. The Morgan fingerprint density at radius 1 is 1.30 bits per heavy atom. The van der Waals surface area contributed by atoms with Gasteiger partial charge in [-0.25, -0.2) is 14.6 Å². The van der Waals surface area contributed by atoms with E-state index in [0.29, 0.717) is 24.6 Å². The van der Waals surface area contributed by atoms with E-state index >= 15 is 0 Å². The fourth-order valence-electron chi connectivity index (χ4n) is 3.43. The van der Waals surface area contributed by atoms with Crippen LogP contribution in [0.3, 0.4) is 0 Å². The van der Waals surface area contributed by atoms with Crippen LogP contribution in [-0.2, 0) is 11.3 Å². The Morgan fingerprint density at radius 2 is 2.09 bits per heavy atom. The van der Waals surface area contributed by atoms with Crippen LogP contribution < -0.4 is 10.2 Å². The van der Waals surface area contributed by atoms with Gasteiger partial charge in [0.2, 0.25) is 5.91 Å². The minimum atomic E-state index is 0.0434. The zero-order valence-corrected chi connectivity index (χ0v) is 13.3. The van der Waals surface area contributed by atoms with Gasteiger partial charge < -0.3 is 10.2 Å². The molecule has 8 heteroatoms. The summed E-state index contributed by atoms with van der Waals surface area (Å²) >= 11 is 0. The second-order valence-corrected chi connectivity index (χ2v) is 6.37. The Bertz CT molecular complexity index is 716. The summed E-state index contributed by atoms with van der Waals surface area (Å²) in [5.74, 6) is 0.997. The number of nitrogens with one attached hydrogen (secondary N) is 1. The van der Waals surface area contributed by atoms with Gasteiger partial charge in [0.1, 0.15) is 6.33 Å². The molecule has 3 heterocycles. The number of fused-ring (bicyclic) bond motifs is 1. The number of carbonyl (C=O) groups is 1. The fraction of sp³-hybridized carbons (Fsp3) is 0.667. The van der Waals surface area contributed by atoms with Crippen molar-refractivity contribution in [2.45, 2.75) is 45.2 Å². The summed E-state index contributed by atoms with van der Waals surface area (Å²) in [6.07, 6.45) is 6.24. The molecule has 0 unspecified atom stereocenters. The lowest BCUT2D eigenvalue weighted by Crippen LogP contribution is -2.55. The highest BCUT2D eigenvalue weighted by Gasteiger charge is 2.36. The van der Waals surface area contributed by atoms with E-state index in [0.717, 1.165) is 30.9 Å². The van der Waals surface area contributed by atoms with E-state index in [2.05, 4.69) is 30.5 Å². The SMILES string of the molecule is CCn1nnc2c(N3CC(C(=O)NC4CCCC4)C3)ncnc21. The molecule has 2 aromatic rings. The third-order valence-electron chi connectivity index (χ3n) is 4.83. The second-order valence-electron chi connectivity index (χ2n) is 6.37. The molecule has 8 nitrogen and oxygen atoms in total. The molecule has 122 valence electrons. The van der Waals surface area contributed by atoms with Crippen molar-refractivity contribution in [1.82, 2.24) is 30.3 Å². The zero-order valence-electron chi connectivity index (χ0n) is 13.3. The van der Waals surface area contributed by atoms with Crippen LogP contribution in [0.4, 0.5) is 5.82 Å². The largest absolute Gasteiger partial charge is 0.353 e. The minimum absolute atomic E-state index is 0.0434. The lowest BCUT2D eigenvalue weighted by molar-refractivity contribution is -0.126. The van der Waals surface area contributed by atoms with Crippen LogP contribution in [-0.4, -0.2) is 50.0 Å². The Morgan fingerprint density at radius 3 is 2.83 bits per heavy atom. The maximum atomic E-state index is 12.3. The standard InChI is InChI=1S/C15H21N7O/c1-2-22-14-12(19-20-22)13(16-9-17-14)21-7-10(8-21)15(23)18-11-5-3-4-6-11/h9-11H,2-8H2,1H3,(H,18,23). The van der Waals surface area contributed by atoms with Crippen molar-refractivity contribution in [3.63, 3.8) is 0 Å². The summed E-state index contributed by atoms with van der Waals surface area (Å²) < 4.78 is 1.75. The fourth-order valence-corrected chi connectivity index (χ4v) is 3.43. The number of anilines is 1. The average molecular weight is 315 g/mol. The summed E-state index contributed by atoms with van der Waals surface area (Å²) in [6, 6.07) is 0.381. The predicted molar refractivity (Wildman–Crippen MR) is 84.9 cm³/mol. The van der Waals surface area contributed by atoms with Gasteiger partial charge in [0, 0.05) is 25.7 Å². The lowest BCUT2D eigenvalue weighted by Gasteiger charge is -2.39. The summed E-state index contributed by atoms with van der Waals surface area (Å²) in [4.78, 5) is 22.9. The van der Waals surface area contributed by atoms with Crippen molar-refractivity contribution >= 4 is 22.9 Å². The number of hydrogen-bond donors (Lipinski definition) is 1. The molecule has 2 fully saturated rings. The highest BCUT2D eigenvalue weighted by molar-refractivity contribution is 5.86. The van der Waals surface area contributed by atoms with E-state index in [-0.39, 0.29) is 11.8 Å². The van der Waals surface area contributed by atoms with Crippen LogP contribution in [0.15, 0.2) is 6.33 Å². The van der Waals surface area contributed by atoms with Gasteiger partial charge in [0.25, 0.3) is 0 Å². The molecule has 23 heavy (non-hydrogen) atoms. The molecule has 0 atom stereocenters. The Hall–Kier alpha value is -2.25. The van der Waals surface area contributed by atoms with Crippen molar-refractivity contribution in [2.75, 3.05) is 18.0 Å². The first-order chi connectivity index (χ1) is 11.3. The molecule has 1 N–H and O–H groups in total. The van der Waals surface area contributed by atoms with E-state index in [1.165, 1.54) is 12.8 Å². The van der Waals surface area contributed by atoms with Crippen molar-refractivity contribution in [3.05, 3.63) is 6.33 Å². The number of carbonyl (C=O) groups excluding carboxylic acids is 1. The zero-order chi connectivity index (χ0) is 15.8. The van der Waals surface area contributed by atoms with Crippen LogP contribution in [0.1, 0.15) is 32.6 Å². The van der Waals surface area contributed by atoms with Gasteiger partial charge in [0.05, 0.1) is 5.92 Å². The maximum Gasteiger partial charge on any atom is 0.226 e. The lowest BCUT2D eigenvalue weighted by atomic mass is 9.98. The van der Waals surface area contributed by atoms with Crippen molar-refractivity contribution in [1.29, 1.82) is 0 Å². The summed E-state index contributed by atoms with van der Waals surface area (Å²) in [5.41, 5.74) is 1.46. The molecular formula is C15H21N7O. The molecule has 1 saturated heterocycles. The molecule has 0 aromatic carbocycles. The average Bonchev–Trinajstić information content (AvgIpc) is 3.15. The number of rotatable bonds is 4. The molecule has 0 bridgehead atoms. The molecule has 2 aromatic heterocycles. The Balaban J connectivity index is 1.43. The molecule has 2 aliphatic rings. The van der Waals surface area contributed by atoms with E-state index in [9.17, 15) is 4.79 Å². The molecule has 4 rings (SSSR count). The number of nitrogens with zero attached hydrogens (tertiary/aromatic N) is 6. The molecule has 1 aliphatic heterocycles. The molecule has 1 aliphatic carbocycles. The van der Waals surface area contributed by atoms with Crippen LogP contribution >= 0.6 is 0 Å². The van der Waals surface area contributed by atoms with Gasteiger partial charge in [-0.1, -0.05) is 18.1 Å². The quantitative estimate of drug-likeness (QED) is 0.895. The number of amides is 1.